The van der Waals surface area contributed by atoms with E-state index < -0.39 is 0 Å². The van der Waals surface area contributed by atoms with Crippen molar-refractivity contribution < 1.29 is 9.84 Å². The Morgan fingerprint density at radius 1 is 1.35 bits per heavy atom. The molecule has 0 aliphatic carbocycles. The Bertz CT molecular complexity index is 353. The highest BCUT2D eigenvalue weighted by Gasteiger charge is 2.13. The van der Waals surface area contributed by atoms with E-state index in [1.165, 1.54) is 0 Å². The van der Waals surface area contributed by atoms with Crippen molar-refractivity contribution in [2.45, 2.75) is 12.5 Å². The summed E-state index contributed by atoms with van der Waals surface area (Å²) >= 11 is 3.42. The summed E-state index contributed by atoms with van der Waals surface area (Å²) in [4.78, 5) is 2.34. The largest absolute Gasteiger partial charge is 0.388 e. The second kappa shape index (κ2) is 6.50. The molecule has 1 N–H and O–H groups in total. The molecule has 0 saturated carbocycles. The fourth-order valence-corrected chi connectivity index (χ4v) is 2.43. The van der Waals surface area contributed by atoms with Gasteiger partial charge in [-0.1, -0.05) is 28.1 Å². The molecule has 1 aliphatic heterocycles. The SMILES string of the molecule is OC(CCN1CCOCC1)c1cccc(Br)c1. The maximum atomic E-state index is 10.1. The van der Waals surface area contributed by atoms with Crippen molar-refractivity contribution in [3.05, 3.63) is 34.3 Å². The second-order valence-corrected chi connectivity index (χ2v) is 5.23. The molecule has 1 fully saturated rings. The minimum Gasteiger partial charge on any atom is -0.388 e. The van der Waals surface area contributed by atoms with Crippen LogP contribution in [0.4, 0.5) is 0 Å². The van der Waals surface area contributed by atoms with Crippen LogP contribution in [0.3, 0.4) is 0 Å². The summed E-state index contributed by atoms with van der Waals surface area (Å²) < 4.78 is 6.31. The third-order valence-corrected chi connectivity index (χ3v) is 3.55. The maximum Gasteiger partial charge on any atom is 0.0802 e. The van der Waals surface area contributed by atoms with Crippen LogP contribution in [0.1, 0.15) is 18.1 Å². The molecule has 1 saturated heterocycles. The number of aliphatic hydroxyl groups excluding tert-OH is 1. The first kappa shape index (κ1) is 13.0. The van der Waals surface area contributed by atoms with Gasteiger partial charge >= 0.3 is 0 Å². The number of morpholine rings is 1. The molecule has 0 amide bonds. The molecule has 0 bridgehead atoms. The minimum absolute atomic E-state index is 0.379. The molecule has 1 atom stereocenters. The first-order valence-electron chi connectivity index (χ1n) is 5.99. The van der Waals surface area contributed by atoms with Gasteiger partial charge in [-0.3, -0.25) is 4.90 Å². The van der Waals surface area contributed by atoms with Crippen LogP contribution in [0.15, 0.2) is 28.7 Å². The number of rotatable bonds is 4. The lowest BCUT2D eigenvalue weighted by molar-refractivity contribution is 0.0300. The van der Waals surface area contributed by atoms with Gasteiger partial charge in [0.15, 0.2) is 0 Å². The zero-order valence-electron chi connectivity index (χ0n) is 9.81. The third kappa shape index (κ3) is 4.07. The Morgan fingerprint density at radius 3 is 2.82 bits per heavy atom. The molecule has 1 aromatic rings. The van der Waals surface area contributed by atoms with Gasteiger partial charge in [0.1, 0.15) is 0 Å². The van der Waals surface area contributed by atoms with Crippen molar-refractivity contribution in [1.29, 1.82) is 0 Å². The lowest BCUT2D eigenvalue weighted by atomic mass is 10.1. The standard InChI is InChI=1S/C13H18BrNO2/c14-12-3-1-2-11(10-12)13(16)4-5-15-6-8-17-9-7-15/h1-3,10,13,16H,4-9H2. The van der Waals surface area contributed by atoms with Crippen LogP contribution in [-0.4, -0.2) is 42.9 Å². The molecule has 3 nitrogen and oxygen atoms in total. The smallest absolute Gasteiger partial charge is 0.0802 e. The molecule has 1 unspecified atom stereocenters. The highest BCUT2D eigenvalue weighted by Crippen LogP contribution is 2.20. The Morgan fingerprint density at radius 2 is 2.12 bits per heavy atom. The van der Waals surface area contributed by atoms with Crippen LogP contribution in [0, 0.1) is 0 Å². The van der Waals surface area contributed by atoms with Crippen LogP contribution >= 0.6 is 15.9 Å². The number of ether oxygens (including phenoxy) is 1. The summed E-state index contributed by atoms with van der Waals surface area (Å²) in [5.41, 5.74) is 0.979. The van der Waals surface area contributed by atoms with Crippen molar-refractivity contribution in [2.24, 2.45) is 0 Å². The highest BCUT2D eigenvalue weighted by atomic mass is 79.9. The predicted octanol–water partition coefficient (Wildman–Crippen LogP) is 2.20. The summed E-state index contributed by atoms with van der Waals surface area (Å²) in [6.45, 7) is 4.51. The van der Waals surface area contributed by atoms with Crippen molar-refractivity contribution in [3.8, 4) is 0 Å². The van der Waals surface area contributed by atoms with E-state index in [2.05, 4.69) is 20.8 Å². The average molecular weight is 300 g/mol. The zero-order valence-corrected chi connectivity index (χ0v) is 11.4. The molecular formula is C13H18BrNO2. The van der Waals surface area contributed by atoms with Gasteiger partial charge < -0.3 is 9.84 Å². The molecule has 1 heterocycles. The molecule has 1 aromatic carbocycles. The lowest BCUT2D eigenvalue weighted by Gasteiger charge is -2.27. The summed E-state index contributed by atoms with van der Waals surface area (Å²) in [7, 11) is 0. The number of aliphatic hydroxyl groups is 1. The van der Waals surface area contributed by atoms with Crippen molar-refractivity contribution >= 4 is 15.9 Å². The summed E-state index contributed by atoms with van der Waals surface area (Å²) in [5.74, 6) is 0. The molecule has 0 aromatic heterocycles. The molecule has 0 radical (unpaired) electrons. The van der Waals surface area contributed by atoms with Crippen LogP contribution in [-0.2, 0) is 4.74 Å². The average Bonchev–Trinajstić information content (AvgIpc) is 2.37. The van der Waals surface area contributed by atoms with E-state index in [4.69, 9.17) is 4.74 Å². The molecule has 4 heteroatoms. The monoisotopic (exact) mass is 299 g/mol. The van der Waals surface area contributed by atoms with Crippen molar-refractivity contribution in [2.75, 3.05) is 32.8 Å². The van der Waals surface area contributed by atoms with Crippen LogP contribution in [0.25, 0.3) is 0 Å². The fourth-order valence-electron chi connectivity index (χ4n) is 2.01. The minimum atomic E-state index is -0.379. The molecule has 17 heavy (non-hydrogen) atoms. The van der Waals surface area contributed by atoms with E-state index in [-0.39, 0.29) is 6.10 Å². The van der Waals surface area contributed by atoms with Gasteiger partial charge in [0, 0.05) is 24.1 Å². The molecule has 2 rings (SSSR count). The van der Waals surface area contributed by atoms with Crippen LogP contribution in [0.2, 0.25) is 0 Å². The number of nitrogens with zero attached hydrogens (tertiary/aromatic N) is 1. The Hall–Kier alpha value is -0.420. The number of benzene rings is 1. The van der Waals surface area contributed by atoms with Gasteiger partial charge in [0.2, 0.25) is 0 Å². The lowest BCUT2D eigenvalue weighted by Crippen LogP contribution is -2.37. The van der Waals surface area contributed by atoms with E-state index in [0.717, 1.165) is 49.3 Å². The maximum absolute atomic E-state index is 10.1. The number of hydrogen-bond donors (Lipinski definition) is 1. The van der Waals surface area contributed by atoms with E-state index in [1.807, 2.05) is 24.3 Å². The zero-order chi connectivity index (χ0) is 12.1. The van der Waals surface area contributed by atoms with Gasteiger partial charge in [-0.15, -0.1) is 0 Å². The summed E-state index contributed by atoms with van der Waals surface area (Å²) in [6.07, 6.45) is 0.395. The summed E-state index contributed by atoms with van der Waals surface area (Å²) in [6, 6.07) is 7.87. The third-order valence-electron chi connectivity index (χ3n) is 3.06. The van der Waals surface area contributed by atoms with E-state index in [1.54, 1.807) is 0 Å². The van der Waals surface area contributed by atoms with Crippen molar-refractivity contribution in [3.63, 3.8) is 0 Å². The topological polar surface area (TPSA) is 32.7 Å². The van der Waals surface area contributed by atoms with Gasteiger partial charge in [-0.2, -0.15) is 0 Å². The van der Waals surface area contributed by atoms with E-state index >= 15 is 0 Å². The Balaban J connectivity index is 1.82. The van der Waals surface area contributed by atoms with Crippen LogP contribution in [0.5, 0.6) is 0 Å². The summed E-state index contributed by atoms with van der Waals surface area (Å²) in [5, 5.41) is 10.1. The predicted molar refractivity (Wildman–Crippen MR) is 71.0 cm³/mol. The number of hydrogen-bond acceptors (Lipinski definition) is 3. The quantitative estimate of drug-likeness (QED) is 0.925. The Labute approximate surface area is 111 Å². The van der Waals surface area contributed by atoms with Crippen molar-refractivity contribution in [1.82, 2.24) is 4.90 Å². The Kier molecular flexibility index (Phi) is 4.98. The van der Waals surface area contributed by atoms with E-state index in [0.29, 0.717) is 0 Å². The first-order chi connectivity index (χ1) is 8.25. The molecular weight excluding hydrogens is 282 g/mol. The number of halogens is 1. The van der Waals surface area contributed by atoms with Crippen LogP contribution < -0.4 is 0 Å². The van der Waals surface area contributed by atoms with Gasteiger partial charge in [0.25, 0.3) is 0 Å². The second-order valence-electron chi connectivity index (χ2n) is 4.31. The van der Waals surface area contributed by atoms with E-state index in [9.17, 15) is 5.11 Å². The van der Waals surface area contributed by atoms with Gasteiger partial charge in [-0.05, 0) is 24.1 Å². The first-order valence-corrected chi connectivity index (χ1v) is 6.78. The fraction of sp³-hybridized carbons (Fsp3) is 0.538. The molecule has 94 valence electrons. The van der Waals surface area contributed by atoms with Gasteiger partial charge in [-0.25, -0.2) is 0 Å². The molecule has 0 spiro atoms. The molecule has 1 aliphatic rings. The van der Waals surface area contributed by atoms with Gasteiger partial charge in [0.05, 0.1) is 19.3 Å². The highest BCUT2D eigenvalue weighted by molar-refractivity contribution is 9.10. The normalized spacial score (nSPS) is 19.2.